The van der Waals surface area contributed by atoms with E-state index in [0.717, 1.165) is 6.54 Å². The first-order chi connectivity index (χ1) is 6.62. The lowest BCUT2D eigenvalue weighted by molar-refractivity contribution is -0.0756. The van der Waals surface area contributed by atoms with Gasteiger partial charge < -0.3 is 5.73 Å². The molecule has 1 aliphatic carbocycles. The van der Waals surface area contributed by atoms with Crippen LogP contribution in [0.5, 0.6) is 0 Å². The second kappa shape index (κ2) is 3.49. The normalized spacial score (nSPS) is 37.9. The molecule has 1 atom stereocenters. The van der Waals surface area contributed by atoms with Gasteiger partial charge in [-0.3, -0.25) is 4.90 Å². The van der Waals surface area contributed by atoms with E-state index in [4.69, 9.17) is 5.73 Å². The van der Waals surface area contributed by atoms with Crippen LogP contribution < -0.4 is 5.73 Å². The molecule has 0 spiro atoms. The molecule has 0 radical (unpaired) electrons. The smallest absolute Gasteiger partial charge is 0.0382 e. The molecule has 0 bridgehead atoms. The third-order valence-corrected chi connectivity index (χ3v) is 4.70. The highest BCUT2D eigenvalue weighted by molar-refractivity contribution is 5.06. The van der Waals surface area contributed by atoms with Gasteiger partial charge in [-0.2, -0.15) is 0 Å². The van der Waals surface area contributed by atoms with Crippen LogP contribution in [0.15, 0.2) is 0 Å². The quantitative estimate of drug-likeness (QED) is 0.732. The van der Waals surface area contributed by atoms with Gasteiger partial charge in [0.2, 0.25) is 0 Å². The van der Waals surface area contributed by atoms with E-state index >= 15 is 0 Å². The number of hydrogen-bond acceptors (Lipinski definition) is 2. The lowest BCUT2D eigenvalue weighted by Gasteiger charge is -2.59. The molecule has 1 heterocycles. The first-order valence-electron chi connectivity index (χ1n) is 6.07. The van der Waals surface area contributed by atoms with Crippen LogP contribution >= 0.6 is 0 Å². The topological polar surface area (TPSA) is 29.3 Å². The molecule has 1 saturated heterocycles. The van der Waals surface area contributed by atoms with Gasteiger partial charge in [0, 0.05) is 12.1 Å². The molecular formula is C12H24N2. The Balaban J connectivity index is 2.21. The van der Waals surface area contributed by atoms with Crippen LogP contribution in [0.4, 0.5) is 0 Å². The van der Waals surface area contributed by atoms with Gasteiger partial charge in [-0.15, -0.1) is 0 Å². The van der Waals surface area contributed by atoms with Crippen molar-refractivity contribution in [3.05, 3.63) is 0 Å². The molecule has 2 heteroatoms. The highest BCUT2D eigenvalue weighted by Crippen LogP contribution is 2.48. The van der Waals surface area contributed by atoms with E-state index in [2.05, 4.69) is 18.7 Å². The predicted molar refractivity (Wildman–Crippen MR) is 60.2 cm³/mol. The van der Waals surface area contributed by atoms with Crippen molar-refractivity contribution in [1.82, 2.24) is 4.90 Å². The molecule has 82 valence electrons. The zero-order valence-electron chi connectivity index (χ0n) is 9.68. The maximum Gasteiger partial charge on any atom is 0.0382 e. The molecule has 0 aromatic heterocycles. The second-order valence-corrected chi connectivity index (χ2v) is 5.67. The van der Waals surface area contributed by atoms with Crippen LogP contribution in [0.3, 0.4) is 0 Å². The molecule has 1 aliphatic heterocycles. The number of nitrogens with two attached hydrogens (primary N) is 1. The maximum atomic E-state index is 6.08. The molecule has 1 saturated carbocycles. The Labute approximate surface area is 87.8 Å². The average molecular weight is 196 g/mol. The zero-order chi connectivity index (χ0) is 10.2. The molecule has 0 aromatic rings. The summed E-state index contributed by atoms with van der Waals surface area (Å²) >= 11 is 0. The Morgan fingerprint density at radius 1 is 1.07 bits per heavy atom. The van der Waals surface area contributed by atoms with Gasteiger partial charge in [0.05, 0.1) is 0 Å². The monoisotopic (exact) mass is 196 g/mol. The van der Waals surface area contributed by atoms with E-state index in [1.54, 1.807) is 0 Å². The van der Waals surface area contributed by atoms with Crippen molar-refractivity contribution in [3.63, 3.8) is 0 Å². The Kier molecular flexibility index (Phi) is 2.61. The minimum absolute atomic E-state index is 0.323. The lowest BCUT2D eigenvalue weighted by Crippen LogP contribution is -2.67. The van der Waals surface area contributed by atoms with Crippen molar-refractivity contribution in [3.8, 4) is 0 Å². The predicted octanol–water partition coefficient (Wildman–Crippen LogP) is 1.99. The third-order valence-electron chi connectivity index (χ3n) is 4.70. The molecule has 2 aliphatic rings. The van der Waals surface area contributed by atoms with Crippen LogP contribution in [0.2, 0.25) is 0 Å². The fourth-order valence-electron chi connectivity index (χ4n) is 3.39. The van der Waals surface area contributed by atoms with Crippen LogP contribution in [-0.4, -0.2) is 30.1 Å². The summed E-state index contributed by atoms with van der Waals surface area (Å²) in [5.74, 6) is 0. The summed E-state index contributed by atoms with van der Waals surface area (Å²) < 4.78 is 0. The van der Waals surface area contributed by atoms with Crippen molar-refractivity contribution in [2.75, 3.05) is 19.6 Å². The van der Waals surface area contributed by atoms with Gasteiger partial charge in [-0.25, -0.2) is 0 Å². The Morgan fingerprint density at radius 3 is 2.14 bits per heavy atom. The summed E-state index contributed by atoms with van der Waals surface area (Å²) in [6.45, 7) is 8.23. The summed E-state index contributed by atoms with van der Waals surface area (Å²) in [6, 6.07) is 0. The van der Waals surface area contributed by atoms with Crippen molar-refractivity contribution in [1.29, 1.82) is 0 Å². The summed E-state index contributed by atoms with van der Waals surface area (Å²) in [4.78, 5) is 2.64. The van der Waals surface area contributed by atoms with Gasteiger partial charge in [0.1, 0.15) is 0 Å². The van der Waals surface area contributed by atoms with Crippen molar-refractivity contribution < 1.29 is 0 Å². The Morgan fingerprint density at radius 2 is 1.71 bits per heavy atom. The van der Waals surface area contributed by atoms with Crippen molar-refractivity contribution >= 4 is 0 Å². The Hall–Kier alpha value is -0.0800. The van der Waals surface area contributed by atoms with Gasteiger partial charge in [-0.05, 0) is 37.8 Å². The minimum atomic E-state index is 0.323. The van der Waals surface area contributed by atoms with Crippen LogP contribution in [-0.2, 0) is 0 Å². The molecule has 2 fully saturated rings. The summed E-state index contributed by atoms with van der Waals surface area (Å²) in [5, 5.41) is 0. The molecule has 14 heavy (non-hydrogen) atoms. The first kappa shape index (κ1) is 10.4. The summed E-state index contributed by atoms with van der Waals surface area (Å²) in [5.41, 5.74) is 6.82. The SMILES string of the molecule is CC1(C)CCCCC1(CN)N1CCC1. The minimum Gasteiger partial charge on any atom is -0.329 e. The fourth-order valence-corrected chi connectivity index (χ4v) is 3.39. The molecular weight excluding hydrogens is 172 g/mol. The fraction of sp³-hybridized carbons (Fsp3) is 1.00. The lowest BCUT2D eigenvalue weighted by atomic mass is 9.61. The highest BCUT2D eigenvalue weighted by Gasteiger charge is 2.50. The summed E-state index contributed by atoms with van der Waals surface area (Å²) in [7, 11) is 0. The second-order valence-electron chi connectivity index (χ2n) is 5.67. The molecule has 0 amide bonds. The standard InChI is InChI=1S/C12H24N2/c1-11(2)6-3-4-7-12(11,10-13)14-8-5-9-14/h3-10,13H2,1-2H3. The summed E-state index contributed by atoms with van der Waals surface area (Å²) in [6.07, 6.45) is 6.80. The average Bonchev–Trinajstić information content (AvgIpc) is 2.05. The van der Waals surface area contributed by atoms with E-state index in [1.165, 1.54) is 45.2 Å². The third kappa shape index (κ3) is 1.31. The number of nitrogens with zero attached hydrogens (tertiary/aromatic N) is 1. The number of rotatable bonds is 2. The van der Waals surface area contributed by atoms with Crippen molar-refractivity contribution in [2.24, 2.45) is 11.1 Å². The number of hydrogen-bond donors (Lipinski definition) is 1. The van der Waals surface area contributed by atoms with Crippen molar-refractivity contribution in [2.45, 2.75) is 51.5 Å². The van der Waals surface area contributed by atoms with Crippen LogP contribution in [0.1, 0.15) is 46.0 Å². The Bertz CT molecular complexity index is 208. The molecule has 1 unspecified atom stereocenters. The number of likely N-dealkylation sites (tertiary alicyclic amines) is 1. The van der Waals surface area contributed by atoms with E-state index in [1.807, 2.05) is 0 Å². The molecule has 2 N–H and O–H groups in total. The zero-order valence-corrected chi connectivity index (χ0v) is 9.68. The van der Waals surface area contributed by atoms with E-state index in [9.17, 15) is 0 Å². The van der Waals surface area contributed by atoms with Gasteiger partial charge in [-0.1, -0.05) is 26.7 Å². The maximum absolute atomic E-state index is 6.08. The largest absolute Gasteiger partial charge is 0.329 e. The van der Waals surface area contributed by atoms with Crippen LogP contribution in [0.25, 0.3) is 0 Å². The highest BCUT2D eigenvalue weighted by atomic mass is 15.3. The van der Waals surface area contributed by atoms with Gasteiger partial charge in [0.25, 0.3) is 0 Å². The van der Waals surface area contributed by atoms with E-state index < -0.39 is 0 Å². The molecule has 2 nitrogen and oxygen atoms in total. The van der Waals surface area contributed by atoms with Crippen LogP contribution in [0, 0.1) is 5.41 Å². The van der Waals surface area contributed by atoms with E-state index in [-0.39, 0.29) is 0 Å². The van der Waals surface area contributed by atoms with Gasteiger partial charge in [0.15, 0.2) is 0 Å². The first-order valence-corrected chi connectivity index (χ1v) is 6.07. The van der Waals surface area contributed by atoms with Gasteiger partial charge >= 0.3 is 0 Å². The van der Waals surface area contributed by atoms with E-state index in [0.29, 0.717) is 11.0 Å². The molecule has 2 rings (SSSR count). The molecule has 0 aromatic carbocycles.